The van der Waals surface area contributed by atoms with Gasteiger partial charge in [-0.05, 0) is 57.9 Å². The van der Waals surface area contributed by atoms with Crippen LogP contribution in [0.3, 0.4) is 0 Å². The van der Waals surface area contributed by atoms with Gasteiger partial charge in [0.1, 0.15) is 11.6 Å². The first kappa shape index (κ1) is 21.1. The summed E-state index contributed by atoms with van der Waals surface area (Å²) >= 11 is 0. The van der Waals surface area contributed by atoms with E-state index in [1.54, 1.807) is 32.0 Å². The highest BCUT2D eigenvalue weighted by Gasteiger charge is 2.57. The van der Waals surface area contributed by atoms with E-state index in [1.807, 2.05) is 37.3 Å². The molecule has 4 nitrogen and oxygen atoms in total. The van der Waals surface area contributed by atoms with Gasteiger partial charge in [-0.2, -0.15) is 5.26 Å². The zero-order valence-corrected chi connectivity index (χ0v) is 18.0. The van der Waals surface area contributed by atoms with Crippen LogP contribution in [0.1, 0.15) is 44.7 Å². The zero-order valence-electron chi connectivity index (χ0n) is 17.2. The predicted molar refractivity (Wildman–Crippen MR) is 112 cm³/mol. The lowest BCUT2D eigenvalue weighted by Crippen LogP contribution is -2.46. The first-order valence-electron chi connectivity index (χ1n) is 9.69. The molecule has 0 amide bonds. The number of Topliss-reactive ketones (excluding diaryl/α,β-unsaturated/α-hetero) is 2. The Morgan fingerprint density at radius 1 is 1.21 bits per heavy atom. The molecule has 5 heteroatoms. The quantitative estimate of drug-likeness (QED) is 0.683. The smallest absolute Gasteiger partial charge is 0.146 e. The molecule has 2 aromatic rings. The molecule has 0 heterocycles. The maximum Gasteiger partial charge on any atom is 0.146 e. The molecule has 1 aliphatic rings. The molecule has 150 valence electrons. The summed E-state index contributed by atoms with van der Waals surface area (Å²) in [6, 6.07) is 17.0. The first-order valence-corrected chi connectivity index (χ1v) is 10.8. The number of hydrogen-bond acceptors (Lipinski definition) is 4. The van der Waals surface area contributed by atoms with Crippen molar-refractivity contribution < 1.29 is 13.8 Å². The van der Waals surface area contributed by atoms with Crippen LogP contribution in [0.25, 0.3) is 0 Å². The van der Waals surface area contributed by atoms with Crippen molar-refractivity contribution in [1.29, 1.82) is 5.26 Å². The van der Waals surface area contributed by atoms with Gasteiger partial charge in [0.25, 0.3) is 0 Å². The highest BCUT2D eigenvalue weighted by atomic mass is 32.2. The number of nitrogens with zero attached hydrogens (tertiary/aromatic N) is 1. The van der Waals surface area contributed by atoms with Crippen molar-refractivity contribution in [2.75, 3.05) is 0 Å². The Balaban J connectivity index is 2.15. The van der Waals surface area contributed by atoms with Crippen molar-refractivity contribution in [2.24, 2.45) is 11.3 Å². The second-order valence-electron chi connectivity index (χ2n) is 8.17. The lowest BCUT2D eigenvalue weighted by Gasteiger charge is -2.38. The van der Waals surface area contributed by atoms with E-state index in [-0.39, 0.29) is 18.0 Å². The number of carbonyl (C=O) groups excluding carboxylic acids is 2. The van der Waals surface area contributed by atoms with Gasteiger partial charge in [0.2, 0.25) is 0 Å². The van der Waals surface area contributed by atoms with Gasteiger partial charge in [0, 0.05) is 22.1 Å². The molecule has 0 unspecified atom stereocenters. The number of rotatable bonds is 5. The van der Waals surface area contributed by atoms with Crippen LogP contribution in [0.15, 0.2) is 58.3 Å². The van der Waals surface area contributed by atoms with Gasteiger partial charge in [0.15, 0.2) is 0 Å². The molecule has 2 aromatic carbocycles. The summed E-state index contributed by atoms with van der Waals surface area (Å²) in [5, 5.41) is 10.2. The van der Waals surface area contributed by atoms with Gasteiger partial charge in [-0.15, -0.1) is 0 Å². The Morgan fingerprint density at radius 2 is 1.83 bits per heavy atom. The fraction of sp³-hybridized carbons (Fsp3) is 0.375. The fourth-order valence-corrected chi connectivity index (χ4v) is 5.82. The topological polar surface area (TPSA) is 75.0 Å². The van der Waals surface area contributed by atoms with E-state index < -0.39 is 27.5 Å². The van der Waals surface area contributed by atoms with Crippen molar-refractivity contribution in [1.82, 2.24) is 0 Å². The van der Waals surface area contributed by atoms with Crippen LogP contribution in [-0.4, -0.2) is 15.8 Å². The molecule has 1 fully saturated rings. The maximum absolute atomic E-state index is 13.4. The Labute approximate surface area is 174 Å². The summed E-state index contributed by atoms with van der Waals surface area (Å²) in [7, 11) is -1.48. The van der Waals surface area contributed by atoms with Crippen molar-refractivity contribution in [3.63, 3.8) is 0 Å². The molecule has 0 N–H and O–H groups in total. The Hall–Kier alpha value is -2.58. The van der Waals surface area contributed by atoms with Gasteiger partial charge in [-0.25, -0.2) is 4.21 Å². The third kappa shape index (κ3) is 3.36. The summed E-state index contributed by atoms with van der Waals surface area (Å²) in [6.07, 6.45) is 0.742. The minimum atomic E-state index is -1.48. The third-order valence-corrected chi connectivity index (χ3v) is 7.93. The minimum Gasteiger partial charge on any atom is -0.299 e. The van der Waals surface area contributed by atoms with Gasteiger partial charge in [-0.1, -0.05) is 35.9 Å². The molecule has 1 aliphatic carbocycles. The van der Waals surface area contributed by atoms with Crippen LogP contribution >= 0.6 is 0 Å². The average Bonchev–Trinajstić information content (AvgIpc) is 3.04. The van der Waals surface area contributed by atoms with E-state index in [0.717, 1.165) is 5.56 Å². The van der Waals surface area contributed by atoms with Gasteiger partial charge in [-0.3, -0.25) is 9.59 Å². The highest BCUT2D eigenvalue weighted by Crippen LogP contribution is 2.52. The number of ketones is 2. The van der Waals surface area contributed by atoms with E-state index in [1.165, 1.54) is 6.92 Å². The highest BCUT2D eigenvalue weighted by molar-refractivity contribution is 7.85. The summed E-state index contributed by atoms with van der Waals surface area (Å²) in [4.78, 5) is 26.3. The Bertz CT molecular complexity index is 1040. The molecular formula is C24H25NO3S. The van der Waals surface area contributed by atoms with Gasteiger partial charge in [0.05, 0.1) is 27.7 Å². The van der Waals surface area contributed by atoms with Crippen LogP contribution in [0, 0.1) is 29.6 Å². The van der Waals surface area contributed by atoms with Crippen LogP contribution in [0.4, 0.5) is 0 Å². The normalized spacial score (nSPS) is 24.5. The second-order valence-corrected chi connectivity index (χ2v) is 9.61. The molecular weight excluding hydrogens is 382 g/mol. The Morgan fingerprint density at radius 3 is 2.41 bits per heavy atom. The van der Waals surface area contributed by atoms with E-state index in [9.17, 15) is 19.1 Å². The SMILES string of the molecule is CC(=O)[C@]1(C)C(=O)CC[C@@H]1[C@@](C)(C#N)c1ccccc1[S@@](=O)c1ccc(C)cc1. The summed E-state index contributed by atoms with van der Waals surface area (Å²) in [5.74, 6) is -0.807. The van der Waals surface area contributed by atoms with Crippen molar-refractivity contribution in [2.45, 2.75) is 55.7 Å². The third-order valence-electron chi connectivity index (χ3n) is 6.48. The molecule has 0 spiro atoms. The van der Waals surface area contributed by atoms with Crippen molar-refractivity contribution in [3.05, 3.63) is 59.7 Å². The van der Waals surface area contributed by atoms with E-state index in [2.05, 4.69) is 6.07 Å². The summed E-state index contributed by atoms with van der Waals surface area (Å²) < 4.78 is 13.4. The number of carbonyl (C=O) groups is 2. The maximum atomic E-state index is 13.4. The largest absolute Gasteiger partial charge is 0.299 e. The van der Waals surface area contributed by atoms with Crippen LogP contribution in [-0.2, 0) is 25.8 Å². The zero-order chi connectivity index (χ0) is 21.4. The molecule has 0 aromatic heterocycles. The molecule has 3 rings (SSSR count). The molecule has 1 saturated carbocycles. The van der Waals surface area contributed by atoms with Crippen LogP contribution < -0.4 is 0 Å². The van der Waals surface area contributed by atoms with Gasteiger partial charge < -0.3 is 0 Å². The number of benzene rings is 2. The fourth-order valence-electron chi connectivity index (χ4n) is 4.50. The minimum absolute atomic E-state index is 0.117. The van der Waals surface area contributed by atoms with Gasteiger partial charge >= 0.3 is 0 Å². The molecule has 0 radical (unpaired) electrons. The van der Waals surface area contributed by atoms with E-state index in [4.69, 9.17) is 0 Å². The predicted octanol–water partition coefficient (Wildman–Crippen LogP) is 4.52. The molecule has 0 bridgehead atoms. The summed E-state index contributed by atoms with van der Waals surface area (Å²) in [5.41, 5.74) is -0.636. The lowest BCUT2D eigenvalue weighted by atomic mass is 9.61. The molecule has 0 aliphatic heterocycles. The molecule has 0 saturated heterocycles. The van der Waals surface area contributed by atoms with Crippen molar-refractivity contribution in [3.8, 4) is 6.07 Å². The van der Waals surface area contributed by atoms with E-state index >= 15 is 0 Å². The van der Waals surface area contributed by atoms with Crippen LogP contribution in [0.2, 0.25) is 0 Å². The standard InChI is InChI=1S/C24H25NO3S/c1-16-9-11-18(12-10-16)29(28)20-8-6-5-7-19(20)23(3,15-25)21-13-14-22(27)24(21,4)17(2)26/h5-12,21H,13-14H2,1-4H3/t21-,23+,24+,29+/m1/s1. The molecule has 4 atom stereocenters. The second kappa shape index (κ2) is 7.68. The Kier molecular flexibility index (Phi) is 5.60. The molecule has 29 heavy (non-hydrogen) atoms. The lowest BCUT2D eigenvalue weighted by molar-refractivity contribution is -0.139. The number of aryl methyl sites for hydroxylation is 1. The number of nitriles is 1. The summed E-state index contributed by atoms with van der Waals surface area (Å²) in [6.45, 7) is 6.81. The first-order chi connectivity index (χ1) is 13.7. The monoisotopic (exact) mass is 407 g/mol. The van der Waals surface area contributed by atoms with Crippen molar-refractivity contribution >= 4 is 22.4 Å². The average molecular weight is 408 g/mol. The number of hydrogen-bond donors (Lipinski definition) is 0. The van der Waals surface area contributed by atoms with Crippen LogP contribution in [0.5, 0.6) is 0 Å². The van der Waals surface area contributed by atoms with E-state index in [0.29, 0.717) is 21.8 Å².